The quantitative estimate of drug-likeness (QED) is 0.209. The van der Waals surface area contributed by atoms with Crippen molar-refractivity contribution in [3.63, 3.8) is 0 Å². The van der Waals surface area contributed by atoms with Crippen LogP contribution in [0.3, 0.4) is 0 Å². The Bertz CT molecular complexity index is 246. The van der Waals surface area contributed by atoms with Gasteiger partial charge in [0.2, 0.25) is 0 Å². The van der Waals surface area contributed by atoms with Crippen LogP contribution in [0.25, 0.3) is 0 Å². The van der Waals surface area contributed by atoms with Gasteiger partial charge >= 0.3 is 5.97 Å². The topological polar surface area (TPSA) is 26.3 Å². The summed E-state index contributed by atoms with van der Waals surface area (Å²) in [4.78, 5) is 10.8. The Hall–Kier alpha value is -0.790. The van der Waals surface area contributed by atoms with Gasteiger partial charge in [0.25, 0.3) is 0 Å². The highest BCUT2D eigenvalue weighted by Gasteiger charge is 1.97. The number of unbranched alkanes of at least 4 members (excludes halogenated alkanes) is 10. The number of hydrogen-bond donors (Lipinski definition) is 0. The third-order valence-corrected chi connectivity index (χ3v) is 3.84. The lowest BCUT2D eigenvalue weighted by Gasteiger charge is -2.05. The highest BCUT2D eigenvalue weighted by molar-refractivity contribution is 5.81. The van der Waals surface area contributed by atoms with Crippen molar-refractivity contribution in [1.82, 2.24) is 0 Å². The van der Waals surface area contributed by atoms with Crippen LogP contribution in [0.1, 0.15) is 90.9 Å². The molecular weight excluding hydrogens is 260 g/mol. The Labute approximate surface area is 132 Å². The second-order valence-corrected chi connectivity index (χ2v) is 6.44. The molecule has 0 radical (unpaired) electrons. The van der Waals surface area contributed by atoms with Gasteiger partial charge in [0.15, 0.2) is 0 Å². The molecule has 2 heteroatoms. The zero-order valence-electron chi connectivity index (χ0n) is 14.4. The first-order chi connectivity index (χ1) is 10.2. The number of hydrogen-bond acceptors (Lipinski definition) is 2. The first-order valence-corrected chi connectivity index (χ1v) is 8.96. The van der Waals surface area contributed by atoms with E-state index in [0.717, 1.165) is 12.3 Å². The van der Waals surface area contributed by atoms with E-state index in [-0.39, 0.29) is 5.97 Å². The summed E-state index contributed by atoms with van der Waals surface area (Å²) in [6, 6.07) is 0. The fraction of sp³-hybridized carbons (Fsp3) is 0.842. The second-order valence-electron chi connectivity index (χ2n) is 6.44. The van der Waals surface area contributed by atoms with Gasteiger partial charge in [-0.15, -0.1) is 0 Å². The highest BCUT2D eigenvalue weighted by atomic mass is 16.5. The molecule has 0 aromatic carbocycles. The summed E-state index contributed by atoms with van der Waals surface area (Å²) < 4.78 is 4.94. The molecule has 0 aromatic heterocycles. The summed E-state index contributed by atoms with van der Waals surface area (Å²) >= 11 is 0. The summed E-state index contributed by atoms with van der Waals surface area (Å²) in [5.41, 5.74) is 0. The standard InChI is InChI=1S/C19H36O2/c1-4-19(20)21-17-15-13-11-9-7-5-6-8-10-12-14-16-18(2)3/h4,18H,1,5-17H2,2-3H3. The van der Waals surface area contributed by atoms with Crippen LogP contribution in [0.5, 0.6) is 0 Å². The number of carbonyl (C=O) groups excluding carboxylic acids is 1. The van der Waals surface area contributed by atoms with Crippen molar-refractivity contribution in [3.8, 4) is 0 Å². The van der Waals surface area contributed by atoms with Crippen molar-refractivity contribution in [3.05, 3.63) is 12.7 Å². The minimum Gasteiger partial charge on any atom is -0.463 e. The lowest BCUT2D eigenvalue weighted by atomic mass is 10.0. The third-order valence-electron chi connectivity index (χ3n) is 3.84. The highest BCUT2D eigenvalue weighted by Crippen LogP contribution is 2.13. The number of rotatable bonds is 15. The van der Waals surface area contributed by atoms with Gasteiger partial charge < -0.3 is 4.74 Å². The maximum Gasteiger partial charge on any atom is 0.330 e. The number of carbonyl (C=O) groups is 1. The zero-order chi connectivity index (χ0) is 15.8. The Morgan fingerprint density at radius 2 is 1.29 bits per heavy atom. The number of ether oxygens (including phenoxy) is 1. The molecule has 0 saturated carbocycles. The molecule has 0 aliphatic rings. The summed E-state index contributed by atoms with van der Waals surface area (Å²) in [5.74, 6) is 0.564. The fourth-order valence-corrected chi connectivity index (χ4v) is 2.48. The van der Waals surface area contributed by atoms with E-state index >= 15 is 0 Å². The van der Waals surface area contributed by atoms with Gasteiger partial charge in [-0.3, -0.25) is 0 Å². The van der Waals surface area contributed by atoms with E-state index in [0.29, 0.717) is 6.61 Å². The molecule has 0 atom stereocenters. The zero-order valence-corrected chi connectivity index (χ0v) is 14.4. The van der Waals surface area contributed by atoms with Gasteiger partial charge in [0.05, 0.1) is 6.61 Å². The second kappa shape index (κ2) is 15.6. The first-order valence-electron chi connectivity index (χ1n) is 8.96. The Balaban J connectivity index is 3.02. The molecule has 0 N–H and O–H groups in total. The van der Waals surface area contributed by atoms with Crippen molar-refractivity contribution < 1.29 is 9.53 Å². The Morgan fingerprint density at radius 1 is 0.857 bits per heavy atom. The molecule has 0 spiro atoms. The molecular formula is C19H36O2. The molecule has 0 heterocycles. The van der Waals surface area contributed by atoms with Crippen molar-refractivity contribution in [2.45, 2.75) is 90.9 Å². The molecule has 0 saturated heterocycles. The molecule has 0 rings (SSSR count). The Morgan fingerprint density at radius 3 is 1.71 bits per heavy atom. The van der Waals surface area contributed by atoms with E-state index in [1.54, 1.807) is 0 Å². The van der Waals surface area contributed by atoms with Crippen molar-refractivity contribution >= 4 is 5.97 Å². The first kappa shape index (κ1) is 20.2. The summed E-state index contributed by atoms with van der Waals surface area (Å²) in [6.45, 7) is 8.53. The van der Waals surface area contributed by atoms with E-state index < -0.39 is 0 Å². The normalized spacial score (nSPS) is 10.8. The van der Waals surface area contributed by atoms with Crippen LogP contribution in [0.2, 0.25) is 0 Å². The monoisotopic (exact) mass is 296 g/mol. The molecule has 0 bridgehead atoms. The van der Waals surface area contributed by atoms with Crippen molar-refractivity contribution in [2.24, 2.45) is 5.92 Å². The molecule has 0 amide bonds. The van der Waals surface area contributed by atoms with Gasteiger partial charge in [-0.25, -0.2) is 4.79 Å². The van der Waals surface area contributed by atoms with Gasteiger partial charge in [-0.05, 0) is 12.3 Å². The minimum atomic E-state index is -0.302. The van der Waals surface area contributed by atoms with Crippen molar-refractivity contribution in [2.75, 3.05) is 6.61 Å². The molecule has 0 aromatic rings. The Kier molecular flexibility index (Phi) is 15.0. The molecule has 0 unspecified atom stereocenters. The number of esters is 1. The molecule has 21 heavy (non-hydrogen) atoms. The fourth-order valence-electron chi connectivity index (χ4n) is 2.48. The lowest BCUT2D eigenvalue weighted by molar-refractivity contribution is -0.137. The van der Waals surface area contributed by atoms with Crippen molar-refractivity contribution in [1.29, 1.82) is 0 Å². The molecule has 124 valence electrons. The maximum atomic E-state index is 10.8. The van der Waals surface area contributed by atoms with Crippen LogP contribution in [-0.4, -0.2) is 12.6 Å². The summed E-state index contributed by atoms with van der Waals surface area (Å²) in [7, 11) is 0. The van der Waals surface area contributed by atoms with Crippen LogP contribution in [0, 0.1) is 5.92 Å². The predicted molar refractivity (Wildman–Crippen MR) is 91.4 cm³/mol. The van der Waals surface area contributed by atoms with Crippen LogP contribution in [0.15, 0.2) is 12.7 Å². The SMILES string of the molecule is C=CC(=O)OCCCCCCCCCCCCCC(C)C. The van der Waals surface area contributed by atoms with E-state index in [1.165, 1.54) is 76.7 Å². The molecule has 0 aliphatic heterocycles. The van der Waals surface area contributed by atoms with Gasteiger partial charge in [0, 0.05) is 6.08 Å². The third kappa shape index (κ3) is 17.2. The van der Waals surface area contributed by atoms with Gasteiger partial charge in [-0.1, -0.05) is 91.1 Å². The van der Waals surface area contributed by atoms with E-state index in [1.807, 2.05) is 0 Å². The average molecular weight is 296 g/mol. The summed E-state index contributed by atoms with van der Waals surface area (Å²) in [5, 5.41) is 0. The van der Waals surface area contributed by atoms with Crippen LogP contribution in [0.4, 0.5) is 0 Å². The predicted octanol–water partition coefficient (Wildman–Crippen LogP) is 6.05. The van der Waals surface area contributed by atoms with Crippen LogP contribution < -0.4 is 0 Å². The van der Waals surface area contributed by atoms with E-state index in [9.17, 15) is 4.79 Å². The van der Waals surface area contributed by atoms with Crippen LogP contribution >= 0.6 is 0 Å². The van der Waals surface area contributed by atoms with Crippen LogP contribution in [-0.2, 0) is 9.53 Å². The van der Waals surface area contributed by atoms with Gasteiger partial charge in [0.1, 0.15) is 0 Å². The maximum absolute atomic E-state index is 10.8. The van der Waals surface area contributed by atoms with Gasteiger partial charge in [-0.2, -0.15) is 0 Å². The smallest absolute Gasteiger partial charge is 0.330 e. The average Bonchev–Trinajstić information content (AvgIpc) is 2.46. The largest absolute Gasteiger partial charge is 0.463 e. The molecule has 0 aliphatic carbocycles. The van der Waals surface area contributed by atoms with E-state index in [2.05, 4.69) is 20.4 Å². The lowest BCUT2D eigenvalue weighted by Crippen LogP contribution is -2.01. The summed E-state index contributed by atoms with van der Waals surface area (Å²) in [6.07, 6.45) is 17.2. The molecule has 2 nitrogen and oxygen atoms in total. The minimum absolute atomic E-state index is 0.302. The van der Waals surface area contributed by atoms with E-state index in [4.69, 9.17) is 4.74 Å². The molecule has 0 fully saturated rings.